The summed E-state index contributed by atoms with van der Waals surface area (Å²) in [6.07, 6.45) is 5.49. The zero-order valence-corrected chi connectivity index (χ0v) is 14.2. The number of nitrogens with zero attached hydrogens (tertiary/aromatic N) is 1. The molecular formula is C20H20N2O4. The highest BCUT2D eigenvalue weighted by Gasteiger charge is 2.18. The zero-order chi connectivity index (χ0) is 18.3. The number of nitrogens with two attached hydrogens (primary N) is 1. The van der Waals surface area contributed by atoms with Crippen molar-refractivity contribution >= 4 is 22.6 Å². The molecule has 1 heterocycles. The van der Waals surface area contributed by atoms with Gasteiger partial charge in [0.05, 0.1) is 17.8 Å². The highest BCUT2D eigenvalue weighted by atomic mass is 16.5. The maximum absolute atomic E-state index is 11.1. The first kappa shape index (κ1) is 16.3. The van der Waals surface area contributed by atoms with E-state index >= 15 is 0 Å². The first-order chi connectivity index (χ1) is 12.5. The average Bonchev–Trinajstić information content (AvgIpc) is 2.89. The van der Waals surface area contributed by atoms with Crippen LogP contribution in [0.1, 0.15) is 29.6 Å². The van der Waals surface area contributed by atoms with E-state index in [1.54, 1.807) is 12.3 Å². The van der Waals surface area contributed by atoms with Crippen LogP contribution in [0.3, 0.4) is 0 Å². The Morgan fingerprint density at radius 2 is 2.04 bits per heavy atom. The molecule has 0 bridgehead atoms. The number of aromatic nitrogens is 1. The number of carboxylic acids is 1. The van der Waals surface area contributed by atoms with Crippen molar-refractivity contribution in [2.45, 2.75) is 19.3 Å². The Bertz CT molecular complexity index is 989. The van der Waals surface area contributed by atoms with Gasteiger partial charge >= 0.3 is 5.97 Å². The number of anilines is 1. The number of rotatable bonds is 5. The summed E-state index contributed by atoms with van der Waals surface area (Å²) < 4.78 is 7.74. The molecule has 134 valence electrons. The van der Waals surface area contributed by atoms with Crippen molar-refractivity contribution in [3.05, 3.63) is 48.2 Å². The summed E-state index contributed by atoms with van der Waals surface area (Å²) in [4.78, 5) is 11.1. The lowest BCUT2D eigenvalue weighted by Gasteiger charge is -2.25. The van der Waals surface area contributed by atoms with E-state index in [9.17, 15) is 9.90 Å². The van der Waals surface area contributed by atoms with Crippen molar-refractivity contribution in [2.75, 3.05) is 12.3 Å². The summed E-state index contributed by atoms with van der Waals surface area (Å²) >= 11 is 0. The number of hydrogen-bond donors (Lipinski definition) is 3. The van der Waals surface area contributed by atoms with Gasteiger partial charge in [0.25, 0.3) is 0 Å². The molecule has 1 aromatic heterocycles. The number of phenols is 1. The molecule has 6 heteroatoms. The first-order valence-corrected chi connectivity index (χ1v) is 8.63. The number of aromatic hydroxyl groups is 1. The van der Waals surface area contributed by atoms with Crippen LogP contribution in [-0.2, 0) is 0 Å². The van der Waals surface area contributed by atoms with Gasteiger partial charge in [-0.2, -0.15) is 0 Å². The van der Waals surface area contributed by atoms with Crippen molar-refractivity contribution in [1.29, 1.82) is 0 Å². The van der Waals surface area contributed by atoms with Crippen LogP contribution in [0.25, 0.3) is 16.6 Å². The van der Waals surface area contributed by atoms with Crippen LogP contribution in [0.4, 0.5) is 5.69 Å². The third-order valence-electron chi connectivity index (χ3n) is 5.01. The van der Waals surface area contributed by atoms with Crippen molar-refractivity contribution < 1.29 is 19.7 Å². The van der Waals surface area contributed by atoms with Crippen LogP contribution >= 0.6 is 0 Å². The zero-order valence-electron chi connectivity index (χ0n) is 14.2. The number of hydrogen-bond acceptors (Lipinski definition) is 4. The second kappa shape index (κ2) is 6.29. The van der Waals surface area contributed by atoms with E-state index < -0.39 is 5.97 Å². The van der Waals surface area contributed by atoms with Gasteiger partial charge < -0.3 is 25.3 Å². The lowest BCUT2D eigenvalue weighted by molar-refractivity contribution is 0.0694. The summed E-state index contributed by atoms with van der Waals surface area (Å²) in [6.45, 7) is 0.718. The smallest absolute Gasteiger partial charge is 0.339 e. The molecule has 1 aliphatic carbocycles. The molecule has 1 saturated carbocycles. The van der Waals surface area contributed by atoms with Gasteiger partial charge in [0.2, 0.25) is 0 Å². The fourth-order valence-electron chi connectivity index (χ4n) is 3.26. The Kier molecular flexibility index (Phi) is 3.95. The van der Waals surface area contributed by atoms with E-state index in [0.717, 1.165) is 23.3 Å². The Balaban J connectivity index is 1.71. The second-order valence-electron chi connectivity index (χ2n) is 6.75. The van der Waals surface area contributed by atoms with Gasteiger partial charge in [0.1, 0.15) is 17.1 Å². The SMILES string of the molecule is Nc1cn(-c2ccc(C(=O)O)c(O)c2)c2cc(OCC3CCC3)ccc12. The van der Waals surface area contributed by atoms with Crippen molar-refractivity contribution in [3.8, 4) is 17.2 Å². The molecule has 0 aliphatic heterocycles. The van der Waals surface area contributed by atoms with Gasteiger partial charge in [-0.05, 0) is 43.0 Å². The average molecular weight is 352 g/mol. The third-order valence-corrected chi connectivity index (χ3v) is 5.01. The standard InChI is InChI=1S/C20H20N2O4/c21-17-10-22(13-4-6-16(20(24)25)19(23)8-13)18-9-14(5-7-15(17)18)26-11-12-2-1-3-12/h4-10,12,23H,1-3,11,21H2,(H,24,25). The molecule has 4 N–H and O–H groups in total. The largest absolute Gasteiger partial charge is 0.507 e. The third kappa shape index (κ3) is 2.83. The number of fused-ring (bicyclic) bond motifs is 1. The molecule has 1 fully saturated rings. The highest BCUT2D eigenvalue weighted by molar-refractivity contribution is 5.95. The van der Waals surface area contributed by atoms with Gasteiger partial charge in [0, 0.05) is 29.4 Å². The molecule has 4 rings (SSSR count). The molecule has 0 radical (unpaired) electrons. The van der Waals surface area contributed by atoms with Crippen LogP contribution in [0.5, 0.6) is 11.5 Å². The minimum absolute atomic E-state index is 0.136. The number of benzene rings is 2. The highest BCUT2D eigenvalue weighted by Crippen LogP contribution is 2.33. The Labute approximate surface area is 150 Å². The Morgan fingerprint density at radius 1 is 1.23 bits per heavy atom. The predicted molar refractivity (Wildman–Crippen MR) is 99.1 cm³/mol. The fraction of sp³-hybridized carbons (Fsp3) is 0.250. The number of ether oxygens (including phenoxy) is 1. The molecule has 0 spiro atoms. The lowest BCUT2D eigenvalue weighted by atomic mass is 9.86. The van der Waals surface area contributed by atoms with Crippen LogP contribution in [-0.4, -0.2) is 27.4 Å². The van der Waals surface area contributed by atoms with Crippen molar-refractivity contribution in [3.63, 3.8) is 0 Å². The Morgan fingerprint density at radius 3 is 2.69 bits per heavy atom. The summed E-state index contributed by atoms with van der Waals surface area (Å²) in [5, 5.41) is 19.9. The van der Waals surface area contributed by atoms with E-state index in [0.29, 0.717) is 17.3 Å². The first-order valence-electron chi connectivity index (χ1n) is 8.63. The second-order valence-corrected chi connectivity index (χ2v) is 6.75. The molecule has 0 atom stereocenters. The molecule has 1 aliphatic rings. The van der Waals surface area contributed by atoms with Gasteiger partial charge in [0.15, 0.2) is 0 Å². The molecule has 0 amide bonds. The minimum atomic E-state index is -1.17. The summed E-state index contributed by atoms with van der Waals surface area (Å²) in [6, 6.07) is 10.2. The number of aromatic carboxylic acids is 1. The van der Waals surface area contributed by atoms with Crippen LogP contribution in [0, 0.1) is 5.92 Å². The van der Waals surface area contributed by atoms with Gasteiger partial charge in [-0.1, -0.05) is 6.42 Å². The molecule has 0 unspecified atom stereocenters. The monoisotopic (exact) mass is 352 g/mol. The quantitative estimate of drug-likeness (QED) is 0.649. The summed E-state index contributed by atoms with van der Waals surface area (Å²) in [7, 11) is 0. The van der Waals surface area contributed by atoms with E-state index in [4.69, 9.17) is 15.6 Å². The van der Waals surface area contributed by atoms with Crippen LogP contribution in [0.2, 0.25) is 0 Å². The topological polar surface area (TPSA) is 97.7 Å². The molecule has 6 nitrogen and oxygen atoms in total. The number of carbonyl (C=O) groups is 1. The molecule has 26 heavy (non-hydrogen) atoms. The van der Waals surface area contributed by atoms with Gasteiger partial charge in [-0.3, -0.25) is 0 Å². The van der Waals surface area contributed by atoms with E-state index in [2.05, 4.69) is 0 Å². The van der Waals surface area contributed by atoms with E-state index in [1.165, 1.54) is 31.4 Å². The van der Waals surface area contributed by atoms with Crippen molar-refractivity contribution in [2.24, 2.45) is 5.92 Å². The Hall–Kier alpha value is -3.15. The molecular weight excluding hydrogens is 332 g/mol. The van der Waals surface area contributed by atoms with Crippen LogP contribution < -0.4 is 10.5 Å². The molecule has 0 saturated heterocycles. The molecule has 3 aromatic rings. The normalized spacial score (nSPS) is 14.3. The fourth-order valence-corrected chi connectivity index (χ4v) is 3.26. The van der Waals surface area contributed by atoms with Crippen molar-refractivity contribution in [1.82, 2.24) is 4.57 Å². The van der Waals surface area contributed by atoms with Crippen LogP contribution in [0.15, 0.2) is 42.6 Å². The van der Waals surface area contributed by atoms with Gasteiger partial charge in [-0.15, -0.1) is 0 Å². The maximum atomic E-state index is 11.1. The van der Waals surface area contributed by atoms with E-state index in [-0.39, 0.29) is 11.3 Å². The lowest BCUT2D eigenvalue weighted by Crippen LogP contribution is -2.19. The number of nitrogen functional groups attached to an aromatic ring is 1. The van der Waals surface area contributed by atoms with E-state index in [1.807, 2.05) is 22.8 Å². The predicted octanol–water partition coefficient (Wildman–Crippen LogP) is 3.80. The summed E-state index contributed by atoms with van der Waals surface area (Å²) in [5.41, 5.74) is 8.06. The summed E-state index contributed by atoms with van der Waals surface area (Å²) in [5.74, 6) is -0.0383. The molecule has 2 aromatic carbocycles. The maximum Gasteiger partial charge on any atom is 0.339 e. The van der Waals surface area contributed by atoms with Gasteiger partial charge in [-0.25, -0.2) is 4.79 Å². The number of carboxylic acid groups (broad SMARTS) is 1. The minimum Gasteiger partial charge on any atom is -0.507 e.